The third-order valence-electron chi connectivity index (χ3n) is 5.61. The summed E-state index contributed by atoms with van der Waals surface area (Å²) < 4.78 is 0. The van der Waals surface area contributed by atoms with Crippen LogP contribution in [0.15, 0.2) is 59.8 Å². The molecule has 0 saturated carbocycles. The molecule has 7 nitrogen and oxygen atoms in total. The van der Waals surface area contributed by atoms with Gasteiger partial charge in [0.05, 0.1) is 22.5 Å². The quantitative estimate of drug-likeness (QED) is 0.371. The predicted octanol–water partition coefficient (Wildman–Crippen LogP) is 3.94. The number of para-hydroxylation sites is 2. The molecule has 32 heavy (non-hydrogen) atoms. The molecule has 1 aliphatic heterocycles. The standard InChI is InChI=1S/C24H23N7S/c1-30-11-13-31(14-12-30)23-18(15-25)22(17-7-3-2-4-8-17)28-24(29-23)32-16-21-26-19-9-5-6-10-20(19)27-21/h2-10H,11-14,16H2,1H3,(H,26,27). The highest BCUT2D eigenvalue weighted by Crippen LogP contribution is 2.32. The van der Waals surface area contributed by atoms with Crippen LogP contribution < -0.4 is 4.90 Å². The Balaban J connectivity index is 1.51. The van der Waals surface area contributed by atoms with E-state index < -0.39 is 0 Å². The number of fused-ring (bicyclic) bond motifs is 1. The first-order chi connectivity index (χ1) is 15.7. The molecule has 4 aromatic rings. The Kier molecular flexibility index (Phi) is 5.75. The van der Waals surface area contributed by atoms with Crippen molar-refractivity contribution in [1.29, 1.82) is 5.26 Å². The third kappa shape index (κ3) is 4.17. The summed E-state index contributed by atoms with van der Waals surface area (Å²) >= 11 is 1.53. The number of thioether (sulfide) groups is 1. The number of rotatable bonds is 5. The van der Waals surface area contributed by atoms with Gasteiger partial charge < -0.3 is 14.8 Å². The van der Waals surface area contributed by atoms with Crippen LogP contribution in [0.5, 0.6) is 0 Å². The van der Waals surface area contributed by atoms with Gasteiger partial charge in [0.1, 0.15) is 17.5 Å². The molecule has 0 unspecified atom stereocenters. The van der Waals surface area contributed by atoms with Crippen molar-refractivity contribution in [2.45, 2.75) is 10.9 Å². The number of imidazole rings is 1. The average Bonchev–Trinajstić information content (AvgIpc) is 3.26. The molecular weight excluding hydrogens is 418 g/mol. The Hall–Kier alpha value is -3.41. The van der Waals surface area contributed by atoms with Crippen LogP contribution in [0.3, 0.4) is 0 Å². The summed E-state index contributed by atoms with van der Waals surface area (Å²) in [6.45, 7) is 3.56. The number of hydrogen-bond acceptors (Lipinski definition) is 7. The summed E-state index contributed by atoms with van der Waals surface area (Å²) in [6.07, 6.45) is 0. The van der Waals surface area contributed by atoms with Gasteiger partial charge in [-0.3, -0.25) is 0 Å². The molecule has 1 fully saturated rings. The minimum atomic E-state index is 0.536. The van der Waals surface area contributed by atoms with Crippen molar-refractivity contribution in [3.05, 3.63) is 66.0 Å². The van der Waals surface area contributed by atoms with E-state index in [1.165, 1.54) is 11.8 Å². The Morgan fingerprint density at radius 2 is 1.72 bits per heavy atom. The largest absolute Gasteiger partial charge is 0.353 e. The minimum absolute atomic E-state index is 0.536. The van der Waals surface area contributed by atoms with E-state index >= 15 is 0 Å². The van der Waals surface area contributed by atoms with Gasteiger partial charge in [-0.15, -0.1) is 0 Å². The van der Waals surface area contributed by atoms with Crippen molar-refractivity contribution in [2.24, 2.45) is 0 Å². The second-order valence-electron chi connectivity index (χ2n) is 7.81. The number of nitriles is 1. The van der Waals surface area contributed by atoms with Crippen LogP contribution in [0.2, 0.25) is 0 Å². The number of H-pyrrole nitrogens is 1. The highest BCUT2D eigenvalue weighted by molar-refractivity contribution is 7.98. The molecular formula is C24H23N7S. The van der Waals surface area contributed by atoms with Gasteiger partial charge in [-0.2, -0.15) is 5.26 Å². The number of anilines is 1. The molecule has 0 bridgehead atoms. The average molecular weight is 442 g/mol. The van der Waals surface area contributed by atoms with Crippen LogP contribution in [0.25, 0.3) is 22.3 Å². The van der Waals surface area contributed by atoms with E-state index in [4.69, 9.17) is 9.97 Å². The summed E-state index contributed by atoms with van der Waals surface area (Å²) in [6, 6.07) is 20.3. The summed E-state index contributed by atoms with van der Waals surface area (Å²) in [5, 5.41) is 10.7. The van der Waals surface area contributed by atoms with E-state index in [0.717, 1.165) is 54.4 Å². The summed E-state index contributed by atoms with van der Waals surface area (Å²) in [4.78, 5) is 22.2. The zero-order valence-corrected chi connectivity index (χ0v) is 18.6. The molecule has 0 radical (unpaired) electrons. The molecule has 0 atom stereocenters. The maximum atomic E-state index is 10.0. The van der Waals surface area contributed by atoms with Gasteiger partial charge in [0.25, 0.3) is 0 Å². The number of likely N-dealkylation sites (N-methyl/N-ethyl adjacent to an activating group) is 1. The monoisotopic (exact) mass is 441 g/mol. The van der Waals surface area contributed by atoms with Crippen molar-refractivity contribution >= 4 is 28.6 Å². The summed E-state index contributed by atoms with van der Waals surface area (Å²) in [5.41, 5.74) is 4.12. The van der Waals surface area contributed by atoms with E-state index in [-0.39, 0.29) is 0 Å². The fraction of sp³-hybridized carbons (Fsp3) is 0.250. The maximum absolute atomic E-state index is 10.0. The van der Waals surface area contributed by atoms with Crippen LogP contribution in [0, 0.1) is 11.3 Å². The van der Waals surface area contributed by atoms with Crippen molar-refractivity contribution < 1.29 is 0 Å². The molecule has 5 rings (SSSR count). The number of aromatic amines is 1. The maximum Gasteiger partial charge on any atom is 0.190 e. The summed E-state index contributed by atoms with van der Waals surface area (Å²) in [7, 11) is 2.12. The topological polar surface area (TPSA) is 84.7 Å². The molecule has 2 aromatic heterocycles. The third-order valence-corrected chi connectivity index (χ3v) is 6.47. The molecule has 1 N–H and O–H groups in total. The lowest BCUT2D eigenvalue weighted by Crippen LogP contribution is -2.45. The van der Waals surface area contributed by atoms with Gasteiger partial charge >= 0.3 is 0 Å². The Morgan fingerprint density at radius 1 is 0.969 bits per heavy atom. The lowest BCUT2D eigenvalue weighted by Gasteiger charge is -2.34. The predicted molar refractivity (Wildman–Crippen MR) is 128 cm³/mol. The number of hydrogen-bond donors (Lipinski definition) is 1. The normalized spacial score (nSPS) is 14.6. The Labute approximate surface area is 191 Å². The van der Waals surface area contributed by atoms with Crippen molar-refractivity contribution in [2.75, 3.05) is 38.1 Å². The number of nitrogens with one attached hydrogen (secondary N) is 1. The van der Waals surface area contributed by atoms with Crippen molar-refractivity contribution in [1.82, 2.24) is 24.8 Å². The van der Waals surface area contributed by atoms with Crippen molar-refractivity contribution in [3.63, 3.8) is 0 Å². The minimum Gasteiger partial charge on any atom is -0.353 e. The summed E-state index contributed by atoms with van der Waals surface area (Å²) in [5.74, 6) is 2.23. The van der Waals surface area contributed by atoms with Gasteiger partial charge in [0.2, 0.25) is 0 Å². The molecule has 8 heteroatoms. The number of nitrogens with zero attached hydrogens (tertiary/aromatic N) is 6. The molecule has 3 heterocycles. The second-order valence-corrected chi connectivity index (χ2v) is 8.75. The fourth-order valence-corrected chi connectivity index (χ4v) is 4.56. The molecule has 2 aromatic carbocycles. The number of benzene rings is 2. The fourth-order valence-electron chi connectivity index (χ4n) is 3.86. The van der Waals surface area contributed by atoms with Crippen LogP contribution in [0.1, 0.15) is 11.4 Å². The van der Waals surface area contributed by atoms with Crippen LogP contribution in [-0.4, -0.2) is 58.1 Å². The van der Waals surface area contributed by atoms with E-state index in [1.807, 2.05) is 54.6 Å². The first-order valence-electron chi connectivity index (χ1n) is 10.6. The van der Waals surface area contributed by atoms with E-state index in [9.17, 15) is 5.26 Å². The van der Waals surface area contributed by atoms with Gasteiger partial charge in [-0.25, -0.2) is 15.0 Å². The zero-order valence-electron chi connectivity index (χ0n) is 17.8. The van der Waals surface area contributed by atoms with E-state index in [2.05, 4.69) is 32.9 Å². The molecule has 0 aliphatic carbocycles. The van der Waals surface area contributed by atoms with Crippen LogP contribution in [0.4, 0.5) is 5.82 Å². The van der Waals surface area contributed by atoms with Gasteiger partial charge in [-0.1, -0.05) is 54.2 Å². The van der Waals surface area contributed by atoms with Crippen LogP contribution >= 0.6 is 11.8 Å². The highest BCUT2D eigenvalue weighted by atomic mass is 32.2. The van der Waals surface area contributed by atoms with Crippen LogP contribution in [-0.2, 0) is 5.75 Å². The molecule has 0 amide bonds. The number of piperazine rings is 1. The Morgan fingerprint density at radius 3 is 2.47 bits per heavy atom. The number of aromatic nitrogens is 4. The lowest BCUT2D eigenvalue weighted by atomic mass is 10.1. The first-order valence-corrected chi connectivity index (χ1v) is 11.6. The van der Waals surface area contributed by atoms with Crippen molar-refractivity contribution in [3.8, 4) is 17.3 Å². The van der Waals surface area contributed by atoms with E-state index in [1.54, 1.807) is 0 Å². The highest BCUT2D eigenvalue weighted by Gasteiger charge is 2.23. The smallest absolute Gasteiger partial charge is 0.190 e. The molecule has 0 spiro atoms. The lowest BCUT2D eigenvalue weighted by molar-refractivity contribution is 0.311. The first kappa shape index (κ1) is 20.5. The van der Waals surface area contributed by atoms with Gasteiger partial charge in [-0.05, 0) is 19.2 Å². The van der Waals surface area contributed by atoms with Gasteiger partial charge in [0, 0.05) is 31.7 Å². The Bertz CT molecular complexity index is 1240. The van der Waals surface area contributed by atoms with E-state index in [0.29, 0.717) is 22.2 Å². The SMILES string of the molecule is CN1CCN(c2nc(SCc3nc4ccccc4[nH]3)nc(-c3ccccc3)c2C#N)CC1. The molecule has 1 aliphatic rings. The zero-order chi connectivity index (χ0) is 21.9. The second kappa shape index (κ2) is 8.99. The van der Waals surface area contributed by atoms with Gasteiger partial charge in [0.15, 0.2) is 11.0 Å². The molecule has 1 saturated heterocycles. The molecule has 160 valence electrons.